The molecule has 0 unspecified atom stereocenters. The van der Waals surface area contributed by atoms with Gasteiger partial charge in [-0.2, -0.15) is 0 Å². The molecular formula is C3H5NO. The van der Waals surface area contributed by atoms with Crippen LogP contribution in [0, 0.1) is 0 Å². The van der Waals surface area contributed by atoms with Gasteiger partial charge in [-0.3, -0.25) is 10.0 Å². The van der Waals surface area contributed by atoms with E-state index in [1.165, 1.54) is 0 Å². The Labute approximate surface area is 30.4 Å². The van der Waals surface area contributed by atoms with Crippen LogP contribution >= 0.6 is 0 Å². The number of hydroxylamine groups is 1. The quantitative estimate of drug-likeness (QED) is 0.292. The van der Waals surface area contributed by atoms with E-state index in [0.29, 0.717) is 0 Å². The van der Waals surface area contributed by atoms with Gasteiger partial charge in [0.1, 0.15) is 0 Å². The third kappa shape index (κ3) is 0.375. The van der Waals surface area contributed by atoms with Gasteiger partial charge in [-0.05, 0) is 6.54 Å². The van der Waals surface area contributed by atoms with Gasteiger partial charge in [-0.25, -0.2) is 0 Å². The molecule has 1 heterocycles. The number of aldehydes is 1. The zero-order valence-corrected chi connectivity index (χ0v) is 2.85. The molecular weight excluding hydrogens is 66.0 g/mol. The summed E-state index contributed by atoms with van der Waals surface area (Å²) in [6, 6.07) is 0. The van der Waals surface area contributed by atoms with Crippen molar-refractivity contribution >= 4 is 6.29 Å². The van der Waals surface area contributed by atoms with Crippen molar-refractivity contribution < 1.29 is 4.53 Å². The molecule has 1 rings (SSSR count). The van der Waals surface area contributed by atoms with E-state index in [-0.39, 0.29) is 0 Å². The van der Waals surface area contributed by atoms with E-state index >= 15 is 0 Å². The van der Waals surface area contributed by atoms with Crippen molar-refractivity contribution in [3.63, 3.8) is 0 Å². The van der Waals surface area contributed by atoms with E-state index in [1.807, 2.05) is 0 Å². The first kappa shape index (κ1) is 2.69. The molecule has 1 aliphatic rings. The predicted molar refractivity (Wildman–Crippen MR) is 18.9 cm³/mol. The van der Waals surface area contributed by atoms with E-state index in [2.05, 4.69) is 10.0 Å². The van der Waals surface area contributed by atoms with Crippen LogP contribution in [0.5, 0.6) is 0 Å². The Morgan fingerprint density at radius 2 is 2.80 bits per heavy atom. The number of hydrogen-bond donors (Lipinski definition) is 0. The van der Waals surface area contributed by atoms with Crippen LogP contribution in [0.2, 0.25) is 0 Å². The van der Waals surface area contributed by atoms with Crippen molar-refractivity contribution in [3.8, 4) is 0 Å². The summed E-state index contributed by atoms with van der Waals surface area (Å²) in [5.74, 6) is 0. The third-order valence-electron chi connectivity index (χ3n) is 0.487. The Bertz CT molecular complexity index is 44.9. The largest absolute Gasteiger partial charge is 0.285 e. The minimum absolute atomic E-state index is 0.847. The maximum atomic E-state index is 4.44. The van der Waals surface area contributed by atoms with Gasteiger partial charge in [0.25, 0.3) is 6.29 Å². The molecule has 2 heteroatoms. The number of carbonyl (C=O) groups excluding carboxylic acids is 1. The second-order valence-electron chi connectivity index (χ2n) is 0.913. The first-order valence-electron chi connectivity index (χ1n) is 1.64. The van der Waals surface area contributed by atoms with Gasteiger partial charge in [0, 0.05) is 6.42 Å². The highest BCUT2D eigenvalue weighted by Gasteiger charge is 1.87. The fourth-order valence-electron chi connectivity index (χ4n) is 0.264. The summed E-state index contributed by atoms with van der Waals surface area (Å²) >= 11 is 0. The Balaban J connectivity index is 2.32. The van der Waals surface area contributed by atoms with Crippen LogP contribution in [-0.4, -0.2) is 12.8 Å². The molecule has 0 radical (unpaired) electrons. The van der Waals surface area contributed by atoms with Crippen molar-refractivity contribution in [1.82, 2.24) is 0 Å². The van der Waals surface area contributed by atoms with Crippen molar-refractivity contribution in [2.24, 2.45) is 0 Å². The SMILES string of the molecule is C1=[O+][N-]CC1. The molecule has 0 aliphatic carbocycles. The van der Waals surface area contributed by atoms with Crippen LogP contribution in [0.3, 0.4) is 0 Å². The molecule has 0 spiro atoms. The topological polar surface area (TPSA) is 25.4 Å². The summed E-state index contributed by atoms with van der Waals surface area (Å²) in [6.45, 7) is 0.847. The average molecular weight is 71.1 g/mol. The van der Waals surface area contributed by atoms with Gasteiger partial charge in [0.15, 0.2) is 0 Å². The smallest absolute Gasteiger partial charge is 0.284 e. The molecule has 0 aromatic carbocycles. The molecule has 0 fully saturated rings. The molecule has 0 amide bonds. The highest BCUT2D eigenvalue weighted by atomic mass is 16.6. The first-order chi connectivity index (χ1) is 2.50. The highest BCUT2D eigenvalue weighted by molar-refractivity contribution is 5.52. The highest BCUT2D eigenvalue weighted by Crippen LogP contribution is 1.89. The zero-order chi connectivity index (χ0) is 3.54. The molecule has 0 saturated heterocycles. The minimum Gasteiger partial charge on any atom is -0.284 e. The lowest BCUT2D eigenvalue weighted by Crippen LogP contribution is -1.65. The molecule has 0 bridgehead atoms. The molecule has 0 aromatic rings. The summed E-state index contributed by atoms with van der Waals surface area (Å²) in [4.78, 5) is 0. The van der Waals surface area contributed by atoms with E-state index in [4.69, 9.17) is 0 Å². The lowest BCUT2D eigenvalue weighted by molar-refractivity contribution is -0.385. The molecule has 0 aromatic heterocycles. The molecule has 0 N–H and O–H groups in total. The Hall–Kier alpha value is -0.530. The summed E-state index contributed by atoms with van der Waals surface area (Å²) in [5, 5.41) is 0. The minimum atomic E-state index is 0.847. The van der Waals surface area contributed by atoms with E-state index in [1.54, 1.807) is 6.29 Å². The van der Waals surface area contributed by atoms with Crippen LogP contribution < -0.4 is 0 Å². The van der Waals surface area contributed by atoms with Crippen molar-refractivity contribution in [2.45, 2.75) is 6.42 Å². The second-order valence-corrected chi connectivity index (χ2v) is 0.913. The van der Waals surface area contributed by atoms with Crippen molar-refractivity contribution in [3.05, 3.63) is 5.48 Å². The molecule has 5 heavy (non-hydrogen) atoms. The molecule has 1 aliphatic heterocycles. The van der Waals surface area contributed by atoms with Gasteiger partial charge in [-0.15, -0.1) is 0 Å². The molecule has 0 atom stereocenters. The summed E-state index contributed by atoms with van der Waals surface area (Å²) in [7, 11) is 0. The van der Waals surface area contributed by atoms with Gasteiger partial charge in [0.2, 0.25) is 0 Å². The van der Waals surface area contributed by atoms with Gasteiger partial charge >= 0.3 is 0 Å². The lowest BCUT2D eigenvalue weighted by Gasteiger charge is -1.78. The van der Waals surface area contributed by atoms with Crippen LogP contribution in [0.15, 0.2) is 0 Å². The van der Waals surface area contributed by atoms with Gasteiger partial charge < -0.3 is 0 Å². The van der Waals surface area contributed by atoms with Crippen molar-refractivity contribution in [1.29, 1.82) is 0 Å². The van der Waals surface area contributed by atoms with Gasteiger partial charge in [-0.1, -0.05) is 0 Å². The van der Waals surface area contributed by atoms with Crippen LogP contribution in [0.4, 0.5) is 0 Å². The monoisotopic (exact) mass is 71.0 g/mol. The van der Waals surface area contributed by atoms with Crippen LogP contribution in [0.1, 0.15) is 6.42 Å². The van der Waals surface area contributed by atoms with Crippen LogP contribution in [-0.2, 0) is 4.53 Å². The Kier molecular flexibility index (Phi) is 0.571. The van der Waals surface area contributed by atoms with Gasteiger partial charge in [0.05, 0.1) is 0 Å². The number of hydrogen-bond acceptors (Lipinski definition) is 0. The predicted octanol–water partition coefficient (Wildman–Crippen LogP) is 0.413. The van der Waals surface area contributed by atoms with Crippen molar-refractivity contribution in [2.75, 3.05) is 6.54 Å². The first-order valence-corrected chi connectivity index (χ1v) is 1.64. The maximum absolute atomic E-state index is 4.44. The summed E-state index contributed by atoms with van der Waals surface area (Å²) in [5.41, 5.74) is 3.53. The van der Waals surface area contributed by atoms with E-state index < -0.39 is 0 Å². The lowest BCUT2D eigenvalue weighted by atomic mass is 10.5. The fourth-order valence-corrected chi connectivity index (χ4v) is 0.264. The standard InChI is InChI=1S/C3H5NO/c1-2-4-5-3-1/h3H,1-2H2. The third-order valence-corrected chi connectivity index (χ3v) is 0.487. The fraction of sp³-hybridized carbons (Fsp3) is 0.667. The van der Waals surface area contributed by atoms with Crippen LogP contribution in [0.25, 0.3) is 5.48 Å². The van der Waals surface area contributed by atoms with E-state index in [0.717, 1.165) is 13.0 Å². The maximum Gasteiger partial charge on any atom is 0.285 e. The molecule has 2 nitrogen and oxygen atoms in total. The normalized spacial score (nSPS) is 19.2. The van der Waals surface area contributed by atoms with E-state index in [9.17, 15) is 0 Å². The molecule has 0 saturated carbocycles. The average Bonchev–Trinajstić information content (AvgIpc) is 1.76. The summed E-state index contributed by atoms with van der Waals surface area (Å²) in [6.07, 6.45) is 2.68. The Morgan fingerprint density at radius 3 is 3.00 bits per heavy atom. The molecule has 28 valence electrons. The number of nitrogens with zero attached hydrogens (tertiary/aromatic N) is 1. The zero-order valence-electron chi connectivity index (χ0n) is 2.85. The number of rotatable bonds is 0. The Morgan fingerprint density at radius 1 is 1.80 bits per heavy atom. The summed E-state index contributed by atoms with van der Waals surface area (Å²) < 4.78 is 4.44. The second kappa shape index (κ2) is 1.06.